The number of rotatable bonds is 6. The van der Waals surface area contributed by atoms with Crippen LogP contribution in [0, 0.1) is 0 Å². The standard InChI is InChI=1S/C22H29ClN4O2/c1-26-12-6-7-19(26)20(27-13-4-2-3-5-14-27)16-25-22(29)21(28)24-15-17-8-10-18(23)11-9-17/h6-12,20H,2-5,13-16H2,1H3,(H,24,28)(H,25,29). The van der Waals surface area contributed by atoms with Gasteiger partial charge >= 0.3 is 11.8 Å². The van der Waals surface area contributed by atoms with Crippen molar-refractivity contribution in [1.29, 1.82) is 0 Å². The van der Waals surface area contributed by atoms with Crippen LogP contribution in [0.25, 0.3) is 0 Å². The van der Waals surface area contributed by atoms with E-state index in [2.05, 4.69) is 26.2 Å². The highest BCUT2D eigenvalue weighted by Gasteiger charge is 2.25. The Morgan fingerprint density at radius 1 is 1.00 bits per heavy atom. The highest BCUT2D eigenvalue weighted by molar-refractivity contribution is 6.35. The number of carbonyl (C=O) groups excluding carboxylic acids is 2. The van der Waals surface area contributed by atoms with Gasteiger partial charge in [-0.3, -0.25) is 14.5 Å². The normalized spacial score (nSPS) is 16.1. The molecule has 156 valence electrons. The van der Waals surface area contributed by atoms with E-state index in [-0.39, 0.29) is 12.6 Å². The van der Waals surface area contributed by atoms with Crippen molar-refractivity contribution in [3.05, 3.63) is 58.9 Å². The molecule has 1 saturated heterocycles. The van der Waals surface area contributed by atoms with Crippen molar-refractivity contribution in [3.63, 3.8) is 0 Å². The molecule has 6 nitrogen and oxygen atoms in total. The molecule has 7 heteroatoms. The van der Waals surface area contributed by atoms with Gasteiger partial charge in [0.1, 0.15) is 0 Å². The number of benzene rings is 1. The minimum Gasteiger partial charge on any atom is -0.353 e. The lowest BCUT2D eigenvalue weighted by molar-refractivity contribution is -0.139. The highest BCUT2D eigenvalue weighted by Crippen LogP contribution is 2.24. The second-order valence-electron chi connectivity index (χ2n) is 7.53. The molecule has 1 aliphatic heterocycles. The van der Waals surface area contributed by atoms with Gasteiger partial charge in [0.25, 0.3) is 0 Å². The number of likely N-dealkylation sites (tertiary alicyclic amines) is 1. The minimum atomic E-state index is -0.624. The number of aryl methyl sites for hydroxylation is 1. The molecule has 1 fully saturated rings. The van der Waals surface area contributed by atoms with Crippen molar-refractivity contribution in [3.8, 4) is 0 Å². The van der Waals surface area contributed by atoms with Crippen LogP contribution < -0.4 is 10.6 Å². The Balaban J connectivity index is 1.57. The fraction of sp³-hybridized carbons (Fsp3) is 0.455. The Kier molecular flexibility index (Phi) is 7.72. The average Bonchev–Trinajstić information content (AvgIpc) is 2.97. The molecular formula is C22H29ClN4O2. The van der Waals surface area contributed by atoms with Gasteiger partial charge in [0, 0.05) is 37.1 Å². The van der Waals surface area contributed by atoms with Gasteiger partial charge in [-0.25, -0.2) is 0 Å². The summed E-state index contributed by atoms with van der Waals surface area (Å²) in [6.45, 7) is 2.71. The van der Waals surface area contributed by atoms with Gasteiger partial charge in [-0.1, -0.05) is 36.6 Å². The van der Waals surface area contributed by atoms with Crippen LogP contribution in [0.1, 0.15) is 43.0 Å². The summed E-state index contributed by atoms with van der Waals surface area (Å²) in [7, 11) is 2.01. The molecule has 1 aromatic heterocycles. The molecule has 1 unspecified atom stereocenters. The van der Waals surface area contributed by atoms with Crippen LogP contribution in [0.15, 0.2) is 42.6 Å². The second kappa shape index (κ2) is 10.5. The van der Waals surface area contributed by atoms with Gasteiger partial charge in [-0.05, 0) is 55.8 Å². The molecule has 2 heterocycles. The van der Waals surface area contributed by atoms with E-state index in [1.807, 2.05) is 31.4 Å². The van der Waals surface area contributed by atoms with Gasteiger partial charge in [-0.2, -0.15) is 0 Å². The fourth-order valence-corrected chi connectivity index (χ4v) is 3.91. The molecule has 2 N–H and O–H groups in total. The number of carbonyl (C=O) groups is 2. The van der Waals surface area contributed by atoms with Crippen molar-refractivity contribution in [2.24, 2.45) is 7.05 Å². The third-order valence-electron chi connectivity index (χ3n) is 5.44. The molecule has 0 bridgehead atoms. The summed E-state index contributed by atoms with van der Waals surface area (Å²) < 4.78 is 2.09. The second-order valence-corrected chi connectivity index (χ2v) is 7.97. The lowest BCUT2D eigenvalue weighted by Crippen LogP contribution is -2.44. The Labute approximate surface area is 177 Å². The Morgan fingerprint density at radius 2 is 1.66 bits per heavy atom. The van der Waals surface area contributed by atoms with Gasteiger partial charge in [0.2, 0.25) is 0 Å². The Morgan fingerprint density at radius 3 is 2.28 bits per heavy atom. The zero-order valence-electron chi connectivity index (χ0n) is 16.9. The molecule has 1 atom stereocenters. The molecule has 0 saturated carbocycles. The third kappa shape index (κ3) is 6.08. The molecule has 0 radical (unpaired) electrons. The number of nitrogens with zero attached hydrogens (tertiary/aromatic N) is 2. The first-order valence-corrected chi connectivity index (χ1v) is 10.6. The number of nitrogens with one attached hydrogen (secondary N) is 2. The van der Waals surface area contributed by atoms with Gasteiger partial charge in [0.15, 0.2) is 0 Å². The number of aromatic nitrogens is 1. The lowest BCUT2D eigenvalue weighted by atomic mass is 10.1. The van der Waals surface area contributed by atoms with E-state index in [0.29, 0.717) is 11.6 Å². The molecule has 1 aliphatic rings. The third-order valence-corrected chi connectivity index (χ3v) is 5.69. The first-order valence-electron chi connectivity index (χ1n) is 10.2. The van der Waals surface area contributed by atoms with Crippen molar-refractivity contribution in [1.82, 2.24) is 20.1 Å². The SMILES string of the molecule is Cn1cccc1C(CNC(=O)C(=O)NCc1ccc(Cl)cc1)N1CCCCCC1. The maximum absolute atomic E-state index is 12.4. The fourth-order valence-electron chi connectivity index (χ4n) is 3.78. The molecule has 2 amide bonds. The van der Waals surface area contributed by atoms with Crippen LogP contribution in [-0.4, -0.2) is 40.9 Å². The molecule has 2 aromatic rings. The van der Waals surface area contributed by atoms with Crippen LogP contribution in [0.5, 0.6) is 0 Å². The van der Waals surface area contributed by atoms with E-state index >= 15 is 0 Å². The lowest BCUT2D eigenvalue weighted by Gasteiger charge is -2.31. The van der Waals surface area contributed by atoms with Crippen LogP contribution in [-0.2, 0) is 23.2 Å². The van der Waals surface area contributed by atoms with E-state index in [0.717, 1.165) is 37.2 Å². The number of hydrogen-bond acceptors (Lipinski definition) is 3. The van der Waals surface area contributed by atoms with Crippen molar-refractivity contribution in [2.75, 3.05) is 19.6 Å². The summed E-state index contributed by atoms with van der Waals surface area (Å²) in [5.74, 6) is -1.23. The van der Waals surface area contributed by atoms with E-state index in [1.165, 1.54) is 12.8 Å². The molecule has 0 spiro atoms. The van der Waals surface area contributed by atoms with Crippen molar-refractivity contribution < 1.29 is 9.59 Å². The molecule has 3 rings (SSSR count). The summed E-state index contributed by atoms with van der Waals surface area (Å²) in [4.78, 5) is 27.0. The first-order chi connectivity index (χ1) is 14.0. The maximum atomic E-state index is 12.4. The van der Waals surface area contributed by atoms with Crippen LogP contribution in [0.4, 0.5) is 0 Å². The molecule has 0 aliphatic carbocycles. The topological polar surface area (TPSA) is 66.4 Å². The zero-order chi connectivity index (χ0) is 20.6. The van der Waals surface area contributed by atoms with E-state index in [9.17, 15) is 9.59 Å². The minimum absolute atomic E-state index is 0.0566. The van der Waals surface area contributed by atoms with Gasteiger partial charge in [-0.15, -0.1) is 0 Å². The predicted octanol–water partition coefficient (Wildman–Crippen LogP) is 3.03. The molecule has 29 heavy (non-hydrogen) atoms. The Bertz CT molecular complexity index is 810. The number of amides is 2. The smallest absolute Gasteiger partial charge is 0.309 e. The van der Waals surface area contributed by atoms with Crippen LogP contribution >= 0.6 is 11.6 Å². The summed E-state index contributed by atoms with van der Waals surface area (Å²) in [5, 5.41) is 6.14. The maximum Gasteiger partial charge on any atom is 0.309 e. The van der Waals surface area contributed by atoms with E-state index in [4.69, 9.17) is 11.6 Å². The summed E-state index contributed by atoms with van der Waals surface area (Å²) in [6, 6.07) is 11.3. The average molecular weight is 417 g/mol. The monoisotopic (exact) mass is 416 g/mol. The summed E-state index contributed by atoms with van der Waals surface area (Å²) in [5.41, 5.74) is 2.04. The zero-order valence-corrected chi connectivity index (χ0v) is 17.6. The highest BCUT2D eigenvalue weighted by atomic mass is 35.5. The summed E-state index contributed by atoms with van der Waals surface area (Å²) >= 11 is 5.87. The number of hydrogen-bond donors (Lipinski definition) is 2. The largest absolute Gasteiger partial charge is 0.353 e. The van der Waals surface area contributed by atoms with Crippen molar-refractivity contribution >= 4 is 23.4 Å². The van der Waals surface area contributed by atoms with Crippen LogP contribution in [0.2, 0.25) is 5.02 Å². The van der Waals surface area contributed by atoms with Crippen LogP contribution in [0.3, 0.4) is 0 Å². The van der Waals surface area contributed by atoms with Crippen molar-refractivity contribution in [2.45, 2.75) is 38.3 Å². The van der Waals surface area contributed by atoms with E-state index in [1.54, 1.807) is 12.1 Å². The first kappa shape index (κ1) is 21.4. The van der Waals surface area contributed by atoms with Gasteiger partial charge < -0.3 is 15.2 Å². The molecule has 1 aromatic carbocycles. The summed E-state index contributed by atoms with van der Waals surface area (Å²) in [6.07, 6.45) is 6.83. The van der Waals surface area contributed by atoms with Gasteiger partial charge in [0.05, 0.1) is 6.04 Å². The Hall–Kier alpha value is -2.31. The molecular weight excluding hydrogens is 388 g/mol. The predicted molar refractivity (Wildman–Crippen MR) is 115 cm³/mol. The number of halogens is 1. The van der Waals surface area contributed by atoms with E-state index < -0.39 is 11.8 Å². The quantitative estimate of drug-likeness (QED) is 0.711.